The Labute approximate surface area is 272 Å². The van der Waals surface area contributed by atoms with E-state index in [1.54, 1.807) is 50.4 Å². The van der Waals surface area contributed by atoms with Gasteiger partial charge in [0.05, 0.1) is 16.4 Å². The lowest BCUT2D eigenvalue weighted by Gasteiger charge is -2.27. The van der Waals surface area contributed by atoms with Crippen molar-refractivity contribution in [1.82, 2.24) is 14.8 Å². The van der Waals surface area contributed by atoms with Crippen molar-refractivity contribution in [3.63, 3.8) is 0 Å². The molecule has 2 fully saturated rings. The summed E-state index contributed by atoms with van der Waals surface area (Å²) in [5, 5.41) is 12.5. The maximum absolute atomic E-state index is 13.3. The highest BCUT2D eigenvalue weighted by Crippen LogP contribution is 2.39. The van der Waals surface area contributed by atoms with Gasteiger partial charge in [0.15, 0.2) is 0 Å². The smallest absolute Gasteiger partial charge is 0.446 e. The predicted octanol–water partition coefficient (Wildman–Crippen LogP) is 8.64. The molecule has 2 aliphatic heterocycles. The third-order valence-corrected chi connectivity index (χ3v) is 8.44. The molecule has 0 bridgehead atoms. The van der Waals surface area contributed by atoms with Crippen molar-refractivity contribution in [3.05, 3.63) is 76.4 Å². The number of carbonyl (C=O) groups excluding carboxylic acids is 2. The molecule has 3 heterocycles. The lowest BCUT2D eigenvalue weighted by Crippen LogP contribution is -2.43. The fourth-order valence-electron chi connectivity index (χ4n) is 4.77. The van der Waals surface area contributed by atoms with Crippen LogP contribution in [0.3, 0.4) is 0 Å². The zero-order chi connectivity index (χ0) is 32.9. The third kappa shape index (κ3) is 8.74. The van der Waals surface area contributed by atoms with Crippen molar-refractivity contribution in [2.75, 3.05) is 23.3 Å². The average Bonchev–Trinajstić information content (AvgIpc) is 3.14. The molecule has 0 spiro atoms. The minimum Gasteiger partial charge on any atom is -0.465 e. The minimum atomic E-state index is -4.43. The highest BCUT2D eigenvalue weighted by molar-refractivity contribution is 8.00. The first-order valence-corrected chi connectivity index (χ1v) is 15.4. The number of rotatable bonds is 6. The van der Waals surface area contributed by atoms with Crippen LogP contribution in [-0.4, -0.2) is 62.1 Å². The molecule has 9 nitrogen and oxygen atoms in total. The number of urea groups is 1. The molecular weight excluding hydrogens is 654 g/mol. The molecule has 0 saturated carbocycles. The van der Waals surface area contributed by atoms with Crippen molar-refractivity contribution in [3.8, 4) is 0 Å². The summed E-state index contributed by atoms with van der Waals surface area (Å²) in [6.07, 6.45) is 4.04. The zero-order valence-corrected chi connectivity index (χ0v) is 26.6. The van der Waals surface area contributed by atoms with E-state index in [0.717, 1.165) is 30.8 Å². The number of thioether (sulfide) groups is 1. The number of halogens is 5. The second kappa shape index (κ2) is 14.2. The fourth-order valence-corrected chi connectivity index (χ4v) is 5.64. The number of aromatic nitrogens is 1. The standard InChI is InChI=1S/C24H19Cl2F3N4O2S.C6H11NO2/c1-23(2)21(34)33(16-4-6-17(7-5-16)36-24(27,28)29)22(35)32(23)13-14-9-10-30-20(11-14)31-19-12-15(25)3-8-18(19)26;8-6(9)7-4-2-1-3-5-7/h3-12H,13H2,1-2H3,(H,30,31);1-5H2,(H,8,9). The number of benzene rings is 2. The summed E-state index contributed by atoms with van der Waals surface area (Å²) in [5.74, 6) is -0.0242. The van der Waals surface area contributed by atoms with Gasteiger partial charge in [-0.1, -0.05) is 23.2 Å². The van der Waals surface area contributed by atoms with Crippen molar-refractivity contribution in [2.24, 2.45) is 0 Å². The number of likely N-dealkylation sites (tertiary alicyclic amines) is 1. The summed E-state index contributed by atoms with van der Waals surface area (Å²) in [7, 11) is 0. The van der Waals surface area contributed by atoms with Gasteiger partial charge < -0.3 is 20.2 Å². The largest absolute Gasteiger partial charge is 0.465 e. The predicted molar refractivity (Wildman–Crippen MR) is 168 cm³/mol. The second-order valence-electron chi connectivity index (χ2n) is 10.7. The van der Waals surface area contributed by atoms with E-state index in [1.165, 1.54) is 40.5 Å². The van der Waals surface area contributed by atoms with Gasteiger partial charge in [-0.25, -0.2) is 19.5 Å². The normalized spacial score (nSPS) is 16.4. The van der Waals surface area contributed by atoms with Gasteiger partial charge in [0.1, 0.15) is 11.4 Å². The van der Waals surface area contributed by atoms with E-state index in [9.17, 15) is 27.6 Å². The van der Waals surface area contributed by atoms with E-state index < -0.39 is 29.1 Å². The quantitative estimate of drug-likeness (QED) is 0.198. The van der Waals surface area contributed by atoms with Crippen LogP contribution in [0.15, 0.2) is 65.7 Å². The first-order chi connectivity index (χ1) is 21.2. The Morgan fingerprint density at radius 1 is 1.02 bits per heavy atom. The molecule has 240 valence electrons. The van der Waals surface area contributed by atoms with E-state index in [0.29, 0.717) is 27.1 Å². The zero-order valence-electron chi connectivity index (χ0n) is 24.3. The van der Waals surface area contributed by atoms with Crippen molar-refractivity contribution in [2.45, 2.75) is 55.6 Å². The molecule has 15 heteroatoms. The Hall–Kier alpha value is -3.68. The van der Waals surface area contributed by atoms with E-state index in [-0.39, 0.29) is 28.9 Å². The number of carboxylic acid groups (broad SMARTS) is 1. The molecule has 1 aromatic heterocycles. The van der Waals surface area contributed by atoms with Gasteiger partial charge in [-0.2, -0.15) is 13.2 Å². The van der Waals surface area contributed by atoms with Crippen LogP contribution in [0.1, 0.15) is 38.7 Å². The summed E-state index contributed by atoms with van der Waals surface area (Å²) >= 11 is 12.0. The van der Waals surface area contributed by atoms with Gasteiger partial charge in [0.25, 0.3) is 5.91 Å². The Morgan fingerprint density at radius 2 is 1.69 bits per heavy atom. The number of pyridine rings is 1. The van der Waals surface area contributed by atoms with Gasteiger partial charge >= 0.3 is 17.6 Å². The molecule has 3 aromatic rings. The van der Waals surface area contributed by atoms with Gasteiger partial charge in [-0.05, 0) is 105 Å². The van der Waals surface area contributed by atoms with Crippen LogP contribution in [-0.2, 0) is 11.3 Å². The number of piperidine rings is 1. The van der Waals surface area contributed by atoms with Crippen LogP contribution >= 0.6 is 35.0 Å². The molecule has 5 rings (SSSR count). The molecule has 2 saturated heterocycles. The molecule has 2 aliphatic rings. The Balaban J connectivity index is 0.000000440. The van der Waals surface area contributed by atoms with Crippen molar-refractivity contribution < 1.29 is 32.7 Å². The summed E-state index contributed by atoms with van der Waals surface area (Å²) < 4.78 is 37.9. The van der Waals surface area contributed by atoms with Gasteiger partial charge in [0, 0.05) is 35.7 Å². The number of anilines is 3. The van der Waals surface area contributed by atoms with E-state index in [1.807, 2.05) is 0 Å². The highest BCUT2D eigenvalue weighted by atomic mass is 35.5. The molecule has 0 aliphatic carbocycles. The molecule has 0 atom stereocenters. The van der Waals surface area contributed by atoms with Gasteiger partial charge in [-0.15, -0.1) is 0 Å². The number of hydrogen-bond donors (Lipinski definition) is 2. The maximum Gasteiger partial charge on any atom is 0.446 e. The molecule has 45 heavy (non-hydrogen) atoms. The van der Waals surface area contributed by atoms with Crippen molar-refractivity contribution in [1.29, 1.82) is 0 Å². The summed E-state index contributed by atoms with van der Waals surface area (Å²) in [4.78, 5) is 44.8. The number of nitrogens with zero attached hydrogens (tertiary/aromatic N) is 4. The number of carbonyl (C=O) groups is 3. The number of nitrogens with one attached hydrogen (secondary N) is 1. The van der Waals surface area contributed by atoms with E-state index in [4.69, 9.17) is 28.3 Å². The summed E-state index contributed by atoms with van der Waals surface area (Å²) in [6, 6.07) is 12.9. The number of alkyl halides is 3. The van der Waals surface area contributed by atoms with Crippen LogP contribution in [0, 0.1) is 0 Å². The van der Waals surface area contributed by atoms with Crippen LogP contribution in [0.25, 0.3) is 0 Å². The summed E-state index contributed by atoms with van der Waals surface area (Å²) in [5.41, 5.74) is -4.18. The third-order valence-electron chi connectivity index (χ3n) is 7.13. The highest BCUT2D eigenvalue weighted by Gasteiger charge is 2.51. The summed E-state index contributed by atoms with van der Waals surface area (Å²) in [6.45, 7) is 4.79. The second-order valence-corrected chi connectivity index (χ2v) is 12.7. The molecule has 0 unspecified atom stereocenters. The van der Waals surface area contributed by atoms with Crippen LogP contribution < -0.4 is 10.2 Å². The van der Waals surface area contributed by atoms with E-state index >= 15 is 0 Å². The van der Waals surface area contributed by atoms with Crippen molar-refractivity contribution >= 4 is 70.2 Å². The Morgan fingerprint density at radius 3 is 2.29 bits per heavy atom. The van der Waals surface area contributed by atoms with E-state index in [2.05, 4.69) is 10.3 Å². The Bertz CT molecular complexity index is 1550. The SMILES string of the molecule is CC1(C)C(=O)N(c2ccc(SC(F)(F)F)cc2)C(=O)N1Cc1ccnc(Nc2cc(Cl)ccc2Cl)c1.O=C(O)N1CCCCC1. The van der Waals surface area contributed by atoms with Gasteiger partial charge in [0.2, 0.25) is 0 Å². The number of hydrogen-bond acceptors (Lipinski definition) is 6. The molecule has 2 N–H and O–H groups in total. The first-order valence-electron chi connectivity index (χ1n) is 13.8. The monoisotopic (exact) mass is 683 g/mol. The van der Waals surface area contributed by atoms with Crippen LogP contribution in [0.2, 0.25) is 10.0 Å². The lowest BCUT2D eigenvalue weighted by atomic mass is 10.0. The topological polar surface area (TPSA) is 106 Å². The molecule has 0 radical (unpaired) electrons. The molecular formula is C30H30Cl2F3N5O4S. The first kappa shape index (κ1) is 34.2. The number of imide groups is 1. The molecule has 4 amide bonds. The number of amides is 4. The lowest BCUT2D eigenvalue weighted by molar-refractivity contribution is -0.123. The Kier molecular flexibility index (Phi) is 10.8. The average molecular weight is 685 g/mol. The van der Waals surface area contributed by atoms with Gasteiger partial charge in [-0.3, -0.25) is 4.79 Å². The van der Waals surface area contributed by atoms with Crippen LogP contribution in [0.4, 0.5) is 40.0 Å². The maximum atomic E-state index is 13.3. The minimum absolute atomic E-state index is 0.0434. The van der Waals surface area contributed by atoms with Crippen LogP contribution in [0.5, 0.6) is 0 Å². The molecule has 2 aromatic carbocycles. The fraction of sp³-hybridized carbons (Fsp3) is 0.333.